The molecule has 0 rings (SSSR count). The Morgan fingerprint density at radius 2 is 2.17 bits per heavy atom. The molecule has 1 unspecified atom stereocenters. The molecule has 12 heavy (non-hydrogen) atoms. The molecule has 0 aromatic carbocycles. The summed E-state index contributed by atoms with van der Waals surface area (Å²) in [7, 11) is 0. The van der Waals surface area contributed by atoms with Crippen LogP contribution in [0.2, 0.25) is 0 Å². The fraction of sp³-hybridized carbons (Fsp3) is 0.300. The Bertz CT molecular complexity index is 202. The molecule has 66 valence electrons. The lowest BCUT2D eigenvalue weighted by Crippen LogP contribution is -2.12. The van der Waals surface area contributed by atoms with Gasteiger partial charge in [0.15, 0.2) is 0 Å². The van der Waals surface area contributed by atoms with E-state index >= 15 is 0 Å². The Balaban J connectivity index is 4.42. The first kappa shape index (κ1) is 10.8. The van der Waals surface area contributed by atoms with Crippen LogP contribution in [0.15, 0.2) is 42.1 Å². The number of hydrogen-bond acceptors (Lipinski definition) is 2. The van der Waals surface area contributed by atoms with Crippen LogP contribution < -0.4 is 5.73 Å². The van der Waals surface area contributed by atoms with Crippen LogP contribution in [0.1, 0.15) is 6.92 Å². The first-order valence-electron chi connectivity index (χ1n) is 3.94. The van der Waals surface area contributed by atoms with Crippen LogP contribution in [0.4, 0.5) is 0 Å². The predicted octanol–water partition coefficient (Wildman–Crippen LogP) is 1.91. The topological polar surface area (TPSA) is 38.4 Å². The minimum absolute atomic E-state index is 0.263. The summed E-state index contributed by atoms with van der Waals surface area (Å²) in [5, 5.41) is 0. The lowest BCUT2D eigenvalue weighted by molar-refractivity contribution is 0.687. The molecule has 0 saturated carbocycles. The number of rotatable bonds is 5. The van der Waals surface area contributed by atoms with Crippen molar-refractivity contribution in [3.63, 3.8) is 0 Å². The molecule has 0 fully saturated rings. The second-order valence-corrected chi connectivity index (χ2v) is 2.48. The summed E-state index contributed by atoms with van der Waals surface area (Å²) in [5.74, 6) is 0.263. The van der Waals surface area contributed by atoms with Gasteiger partial charge in [0.1, 0.15) is 0 Å². The van der Waals surface area contributed by atoms with Gasteiger partial charge in [-0.25, -0.2) is 0 Å². The standard InChI is InChI=1S/C10H16N2/c1-4-6-10(9(3)8-11)12-7-5-2/h4-7,9H,1-2,8,11H2,3H3/b10-6-,12-7-. The SMILES string of the molecule is C=C/C=N\C(=C/C=C)C(C)CN. The molecule has 2 N–H and O–H groups in total. The lowest BCUT2D eigenvalue weighted by Gasteiger charge is -2.07. The van der Waals surface area contributed by atoms with E-state index < -0.39 is 0 Å². The maximum absolute atomic E-state index is 5.50. The molecule has 1 atom stereocenters. The van der Waals surface area contributed by atoms with Crippen LogP contribution in [0.3, 0.4) is 0 Å². The Hall–Kier alpha value is -1.15. The van der Waals surface area contributed by atoms with Crippen LogP contribution in [0.5, 0.6) is 0 Å². The minimum atomic E-state index is 0.263. The molecule has 0 aliphatic carbocycles. The highest BCUT2D eigenvalue weighted by Gasteiger charge is 2.02. The number of nitrogens with zero attached hydrogens (tertiary/aromatic N) is 1. The maximum atomic E-state index is 5.50. The van der Waals surface area contributed by atoms with E-state index in [9.17, 15) is 0 Å². The van der Waals surface area contributed by atoms with Crippen LogP contribution in [-0.2, 0) is 0 Å². The molecule has 0 amide bonds. The van der Waals surface area contributed by atoms with Crippen molar-refractivity contribution in [2.24, 2.45) is 16.6 Å². The molecule has 0 heterocycles. The summed E-state index contributed by atoms with van der Waals surface area (Å²) in [5.41, 5.74) is 6.44. The van der Waals surface area contributed by atoms with Gasteiger partial charge in [-0.15, -0.1) is 0 Å². The Labute approximate surface area is 74.2 Å². The molecule has 0 saturated heterocycles. The van der Waals surface area contributed by atoms with Crippen molar-refractivity contribution in [1.82, 2.24) is 0 Å². The highest BCUT2D eigenvalue weighted by molar-refractivity contribution is 5.71. The highest BCUT2D eigenvalue weighted by Crippen LogP contribution is 2.09. The molecular formula is C10H16N2. The quantitative estimate of drug-likeness (QED) is 0.489. The van der Waals surface area contributed by atoms with Crippen molar-refractivity contribution in [3.8, 4) is 0 Å². The van der Waals surface area contributed by atoms with Gasteiger partial charge < -0.3 is 5.73 Å². The zero-order valence-electron chi connectivity index (χ0n) is 7.53. The largest absolute Gasteiger partial charge is 0.330 e. The fourth-order valence-corrected chi connectivity index (χ4v) is 0.715. The van der Waals surface area contributed by atoms with Crippen molar-refractivity contribution in [3.05, 3.63) is 37.1 Å². The summed E-state index contributed by atoms with van der Waals surface area (Å²) in [6.45, 7) is 9.77. The molecule has 0 aliphatic rings. The monoisotopic (exact) mass is 164 g/mol. The fourth-order valence-electron chi connectivity index (χ4n) is 0.715. The average Bonchev–Trinajstić information content (AvgIpc) is 2.11. The van der Waals surface area contributed by atoms with E-state index in [1.54, 1.807) is 18.4 Å². The van der Waals surface area contributed by atoms with E-state index in [-0.39, 0.29) is 5.92 Å². The molecule has 0 aromatic rings. The van der Waals surface area contributed by atoms with Crippen LogP contribution >= 0.6 is 0 Å². The van der Waals surface area contributed by atoms with Gasteiger partial charge in [-0.05, 0) is 6.08 Å². The summed E-state index contributed by atoms with van der Waals surface area (Å²) in [6.07, 6.45) is 6.86. The molecule has 0 bridgehead atoms. The van der Waals surface area contributed by atoms with Gasteiger partial charge in [-0.3, -0.25) is 4.99 Å². The summed E-state index contributed by atoms with van der Waals surface area (Å²) >= 11 is 0. The van der Waals surface area contributed by atoms with Crippen LogP contribution in [0.25, 0.3) is 0 Å². The Kier molecular flexibility index (Phi) is 5.93. The second-order valence-electron chi connectivity index (χ2n) is 2.48. The third-order valence-corrected chi connectivity index (χ3v) is 1.48. The Morgan fingerprint density at radius 3 is 2.58 bits per heavy atom. The first-order chi connectivity index (χ1) is 5.76. The van der Waals surface area contributed by atoms with E-state index in [0.717, 1.165) is 5.70 Å². The molecule has 0 aromatic heterocycles. The smallest absolute Gasteiger partial charge is 0.0444 e. The molecule has 0 aliphatic heterocycles. The van der Waals surface area contributed by atoms with Crippen molar-refractivity contribution in [1.29, 1.82) is 0 Å². The van der Waals surface area contributed by atoms with Gasteiger partial charge >= 0.3 is 0 Å². The molecular weight excluding hydrogens is 148 g/mol. The van der Waals surface area contributed by atoms with Crippen LogP contribution in [0, 0.1) is 5.92 Å². The number of nitrogens with two attached hydrogens (primary N) is 1. The van der Waals surface area contributed by atoms with Crippen molar-refractivity contribution < 1.29 is 0 Å². The van der Waals surface area contributed by atoms with Crippen molar-refractivity contribution >= 4 is 6.21 Å². The predicted molar refractivity (Wildman–Crippen MR) is 55.2 cm³/mol. The van der Waals surface area contributed by atoms with E-state index in [2.05, 4.69) is 18.2 Å². The summed E-state index contributed by atoms with van der Waals surface area (Å²) < 4.78 is 0. The van der Waals surface area contributed by atoms with E-state index in [1.165, 1.54) is 0 Å². The third kappa shape index (κ3) is 3.88. The van der Waals surface area contributed by atoms with Gasteiger partial charge in [0, 0.05) is 24.4 Å². The molecule has 2 heteroatoms. The minimum Gasteiger partial charge on any atom is -0.330 e. The van der Waals surface area contributed by atoms with E-state index in [4.69, 9.17) is 5.73 Å². The Morgan fingerprint density at radius 1 is 1.50 bits per heavy atom. The second kappa shape index (κ2) is 6.55. The lowest BCUT2D eigenvalue weighted by atomic mass is 10.1. The zero-order chi connectivity index (χ0) is 9.40. The van der Waals surface area contributed by atoms with Crippen molar-refractivity contribution in [2.75, 3.05) is 6.54 Å². The molecule has 0 spiro atoms. The van der Waals surface area contributed by atoms with E-state index in [0.29, 0.717) is 6.54 Å². The summed E-state index contributed by atoms with van der Waals surface area (Å²) in [4.78, 5) is 4.17. The molecule has 2 nitrogen and oxygen atoms in total. The molecule has 0 radical (unpaired) electrons. The summed E-state index contributed by atoms with van der Waals surface area (Å²) in [6, 6.07) is 0. The van der Waals surface area contributed by atoms with Gasteiger partial charge in [-0.2, -0.15) is 0 Å². The van der Waals surface area contributed by atoms with Gasteiger partial charge in [0.05, 0.1) is 0 Å². The normalized spacial score (nSPS) is 14.7. The van der Waals surface area contributed by atoms with Gasteiger partial charge in [0.2, 0.25) is 0 Å². The first-order valence-corrected chi connectivity index (χ1v) is 3.94. The van der Waals surface area contributed by atoms with Gasteiger partial charge in [-0.1, -0.05) is 32.2 Å². The van der Waals surface area contributed by atoms with E-state index in [1.807, 2.05) is 13.0 Å². The zero-order valence-corrected chi connectivity index (χ0v) is 7.53. The van der Waals surface area contributed by atoms with Crippen LogP contribution in [-0.4, -0.2) is 12.8 Å². The maximum Gasteiger partial charge on any atom is 0.0444 e. The number of hydrogen-bond donors (Lipinski definition) is 1. The van der Waals surface area contributed by atoms with Gasteiger partial charge in [0.25, 0.3) is 0 Å². The highest BCUT2D eigenvalue weighted by atomic mass is 14.7. The van der Waals surface area contributed by atoms with Crippen molar-refractivity contribution in [2.45, 2.75) is 6.92 Å². The average molecular weight is 164 g/mol. The number of aliphatic imine (C=N–C) groups is 1. The number of allylic oxidation sites excluding steroid dienone is 3. The third-order valence-electron chi connectivity index (χ3n) is 1.48.